The first kappa shape index (κ1) is 11.8. The first-order chi connectivity index (χ1) is 8.68. The standard InChI is InChI=1S/C13H16ClN3O/c1-8-2-3-9(14)11-12(8)17-7-6-15-5-4-10(17)16-13(11)18/h2-3,10,15H,4-7H2,1H3,(H,16,18). The van der Waals surface area contributed by atoms with Crippen LogP contribution in [-0.2, 0) is 0 Å². The molecule has 3 rings (SSSR count). The lowest BCUT2D eigenvalue weighted by Crippen LogP contribution is -2.53. The fourth-order valence-electron chi connectivity index (χ4n) is 2.77. The zero-order valence-corrected chi connectivity index (χ0v) is 11.0. The Balaban J connectivity index is 2.15. The monoisotopic (exact) mass is 265 g/mol. The van der Waals surface area contributed by atoms with Crippen LogP contribution in [0.3, 0.4) is 0 Å². The Morgan fingerprint density at radius 1 is 1.39 bits per heavy atom. The molecule has 1 aromatic carbocycles. The zero-order valence-electron chi connectivity index (χ0n) is 10.3. The Labute approximate surface area is 111 Å². The van der Waals surface area contributed by atoms with Gasteiger partial charge in [0, 0.05) is 13.1 Å². The topological polar surface area (TPSA) is 44.4 Å². The van der Waals surface area contributed by atoms with E-state index in [1.54, 1.807) is 6.07 Å². The van der Waals surface area contributed by atoms with E-state index < -0.39 is 0 Å². The van der Waals surface area contributed by atoms with Crippen molar-refractivity contribution in [3.63, 3.8) is 0 Å². The summed E-state index contributed by atoms with van der Waals surface area (Å²) in [5.74, 6) is -0.0538. The highest BCUT2D eigenvalue weighted by atomic mass is 35.5. The van der Waals surface area contributed by atoms with E-state index in [9.17, 15) is 4.79 Å². The summed E-state index contributed by atoms with van der Waals surface area (Å²) in [5.41, 5.74) is 2.73. The molecule has 0 aromatic heterocycles. The molecule has 0 saturated carbocycles. The van der Waals surface area contributed by atoms with Gasteiger partial charge >= 0.3 is 0 Å². The smallest absolute Gasteiger partial charge is 0.256 e. The molecule has 4 nitrogen and oxygen atoms in total. The van der Waals surface area contributed by atoms with Gasteiger partial charge in [-0.25, -0.2) is 0 Å². The van der Waals surface area contributed by atoms with E-state index in [2.05, 4.69) is 15.5 Å². The van der Waals surface area contributed by atoms with Crippen molar-refractivity contribution in [3.05, 3.63) is 28.3 Å². The third kappa shape index (κ3) is 1.76. The van der Waals surface area contributed by atoms with Crippen molar-refractivity contribution in [1.29, 1.82) is 0 Å². The lowest BCUT2D eigenvalue weighted by atomic mass is 10.0. The minimum atomic E-state index is -0.0538. The van der Waals surface area contributed by atoms with E-state index in [0.29, 0.717) is 10.6 Å². The number of benzene rings is 1. The molecule has 1 amide bonds. The van der Waals surface area contributed by atoms with Gasteiger partial charge in [-0.1, -0.05) is 17.7 Å². The Kier molecular flexibility index (Phi) is 2.92. The van der Waals surface area contributed by atoms with E-state index in [4.69, 9.17) is 11.6 Å². The van der Waals surface area contributed by atoms with Crippen molar-refractivity contribution in [3.8, 4) is 0 Å². The van der Waals surface area contributed by atoms with E-state index in [-0.39, 0.29) is 12.1 Å². The van der Waals surface area contributed by atoms with E-state index in [1.165, 1.54) is 0 Å². The molecular weight excluding hydrogens is 250 g/mol. The summed E-state index contributed by atoms with van der Waals surface area (Å²) in [6, 6.07) is 3.78. The first-order valence-corrected chi connectivity index (χ1v) is 6.63. The predicted molar refractivity (Wildman–Crippen MR) is 72.3 cm³/mol. The van der Waals surface area contributed by atoms with Crippen LogP contribution >= 0.6 is 11.6 Å². The van der Waals surface area contributed by atoms with Gasteiger partial charge in [0.1, 0.15) is 6.17 Å². The van der Waals surface area contributed by atoms with Crippen molar-refractivity contribution in [2.75, 3.05) is 24.5 Å². The molecule has 2 N–H and O–H groups in total. The number of halogens is 1. The van der Waals surface area contributed by atoms with E-state index >= 15 is 0 Å². The molecule has 0 bridgehead atoms. The molecule has 1 atom stereocenters. The maximum absolute atomic E-state index is 12.2. The number of nitrogens with zero attached hydrogens (tertiary/aromatic N) is 1. The number of nitrogens with one attached hydrogen (secondary N) is 2. The van der Waals surface area contributed by atoms with Gasteiger partial charge in [0.2, 0.25) is 0 Å². The number of amides is 1. The van der Waals surface area contributed by atoms with Gasteiger partial charge in [-0.15, -0.1) is 0 Å². The molecule has 1 unspecified atom stereocenters. The van der Waals surface area contributed by atoms with Crippen molar-refractivity contribution in [2.24, 2.45) is 0 Å². The third-order valence-corrected chi connectivity index (χ3v) is 3.96. The Bertz CT molecular complexity index is 503. The number of anilines is 1. The van der Waals surface area contributed by atoms with Crippen LogP contribution in [0.1, 0.15) is 22.3 Å². The molecule has 96 valence electrons. The lowest BCUT2D eigenvalue weighted by Gasteiger charge is -2.39. The van der Waals surface area contributed by atoms with Crippen LogP contribution in [0, 0.1) is 6.92 Å². The molecule has 5 heteroatoms. The average molecular weight is 266 g/mol. The van der Waals surface area contributed by atoms with Crippen LogP contribution in [-0.4, -0.2) is 31.7 Å². The fourth-order valence-corrected chi connectivity index (χ4v) is 3.01. The quantitative estimate of drug-likeness (QED) is 0.748. The highest BCUT2D eigenvalue weighted by Crippen LogP contribution is 2.35. The molecule has 0 radical (unpaired) electrons. The molecular formula is C13H16ClN3O. The number of hydrogen-bond donors (Lipinski definition) is 2. The molecule has 0 aliphatic carbocycles. The van der Waals surface area contributed by atoms with Crippen molar-refractivity contribution >= 4 is 23.2 Å². The minimum absolute atomic E-state index is 0.0538. The van der Waals surface area contributed by atoms with Gasteiger partial charge in [-0.2, -0.15) is 0 Å². The molecule has 1 saturated heterocycles. The molecule has 2 aliphatic heterocycles. The average Bonchev–Trinajstić information content (AvgIpc) is 2.58. The zero-order chi connectivity index (χ0) is 12.7. The molecule has 2 aliphatic rings. The highest BCUT2D eigenvalue weighted by molar-refractivity contribution is 6.35. The normalized spacial score (nSPS) is 22.9. The summed E-state index contributed by atoms with van der Waals surface area (Å²) in [7, 11) is 0. The van der Waals surface area contributed by atoms with Crippen LogP contribution in [0.25, 0.3) is 0 Å². The molecule has 1 fully saturated rings. The second-order valence-electron chi connectivity index (χ2n) is 4.81. The number of hydrogen-bond acceptors (Lipinski definition) is 3. The van der Waals surface area contributed by atoms with E-state index in [1.807, 2.05) is 13.0 Å². The highest BCUT2D eigenvalue weighted by Gasteiger charge is 2.33. The SMILES string of the molecule is Cc1ccc(Cl)c2c1N1CCNCCC1NC2=O. The number of carbonyl (C=O) groups is 1. The van der Waals surface area contributed by atoms with Gasteiger partial charge in [-0.3, -0.25) is 4.79 Å². The summed E-state index contributed by atoms with van der Waals surface area (Å²) >= 11 is 6.18. The predicted octanol–water partition coefficient (Wildman–Crippen LogP) is 1.52. The summed E-state index contributed by atoms with van der Waals surface area (Å²) in [4.78, 5) is 14.4. The number of carbonyl (C=O) groups excluding carboxylic acids is 1. The van der Waals surface area contributed by atoms with Crippen LogP contribution < -0.4 is 15.5 Å². The van der Waals surface area contributed by atoms with E-state index in [0.717, 1.165) is 37.3 Å². The fraction of sp³-hybridized carbons (Fsp3) is 0.462. The maximum atomic E-state index is 12.2. The van der Waals surface area contributed by atoms with Gasteiger partial charge in [0.15, 0.2) is 0 Å². The maximum Gasteiger partial charge on any atom is 0.256 e. The second kappa shape index (κ2) is 4.44. The number of aryl methyl sites for hydroxylation is 1. The third-order valence-electron chi connectivity index (χ3n) is 3.64. The van der Waals surface area contributed by atoms with Crippen molar-refractivity contribution in [1.82, 2.24) is 10.6 Å². The van der Waals surface area contributed by atoms with Crippen LogP contribution in [0.15, 0.2) is 12.1 Å². The van der Waals surface area contributed by atoms with Crippen molar-refractivity contribution < 1.29 is 4.79 Å². The lowest BCUT2D eigenvalue weighted by molar-refractivity contribution is 0.0926. The molecule has 2 heterocycles. The van der Waals surface area contributed by atoms with Crippen LogP contribution in [0.4, 0.5) is 5.69 Å². The summed E-state index contributed by atoms with van der Waals surface area (Å²) in [6.07, 6.45) is 0.995. The van der Waals surface area contributed by atoms with Gasteiger partial charge in [0.05, 0.1) is 16.3 Å². The van der Waals surface area contributed by atoms with Gasteiger partial charge < -0.3 is 15.5 Å². The van der Waals surface area contributed by atoms with Crippen LogP contribution in [0.2, 0.25) is 5.02 Å². The Morgan fingerprint density at radius 2 is 2.22 bits per heavy atom. The largest absolute Gasteiger partial charge is 0.349 e. The first-order valence-electron chi connectivity index (χ1n) is 6.26. The molecule has 18 heavy (non-hydrogen) atoms. The van der Waals surface area contributed by atoms with Crippen molar-refractivity contribution in [2.45, 2.75) is 19.5 Å². The van der Waals surface area contributed by atoms with Gasteiger partial charge in [0.25, 0.3) is 5.91 Å². The number of rotatable bonds is 0. The Morgan fingerprint density at radius 3 is 3.06 bits per heavy atom. The summed E-state index contributed by atoms with van der Waals surface area (Å²) in [5, 5.41) is 6.93. The van der Waals surface area contributed by atoms with Crippen LogP contribution in [0.5, 0.6) is 0 Å². The van der Waals surface area contributed by atoms with Gasteiger partial charge in [-0.05, 0) is 31.5 Å². The second-order valence-corrected chi connectivity index (χ2v) is 5.22. The molecule has 0 spiro atoms. The summed E-state index contributed by atoms with van der Waals surface area (Å²) in [6.45, 7) is 4.77. The number of fused-ring (bicyclic) bond motifs is 3. The Hall–Kier alpha value is -1.26. The minimum Gasteiger partial charge on any atom is -0.349 e. The molecule has 1 aromatic rings. The summed E-state index contributed by atoms with van der Waals surface area (Å²) < 4.78 is 0.